The van der Waals surface area contributed by atoms with Crippen LogP contribution < -0.4 is 5.73 Å². The Kier molecular flexibility index (Phi) is 6.04. The summed E-state index contributed by atoms with van der Waals surface area (Å²) >= 11 is 0. The van der Waals surface area contributed by atoms with Crippen molar-refractivity contribution < 1.29 is 14.0 Å². The lowest BCUT2D eigenvalue weighted by Gasteiger charge is -2.28. The highest BCUT2D eigenvalue weighted by Gasteiger charge is 2.37. The highest BCUT2D eigenvalue weighted by Crippen LogP contribution is 2.27. The molecule has 0 unspecified atom stereocenters. The Labute approximate surface area is 164 Å². The number of nitrogens with zero attached hydrogens (tertiary/aromatic N) is 3. The number of carbonyl (C=O) groups is 2. The van der Waals surface area contributed by atoms with Crippen LogP contribution in [-0.4, -0.2) is 66.0 Å². The predicted molar refractivity (Wildman–Crippen MR) is 105 cm³/mol. The molecule has 0 bridgehead atoms. The molecule has 2 aromatic rings. The monoisotopic (exact) mass is 384 g/mol. The summed E-state index contributed by atoms with van der Waals surface area (Å²) in [6.07, 6.45) is 2.74. The van der Waals surface area contributed by atoms with Gasteiger partial charge in [0.05, 0.1) is 12.5 Å². The van der Waals surface area contributed by atoms with Crippen molar-refractivity contribution in [2.24, 2.45) is 5.73 Å². The van der Waals surface area contributed by atoms with Crippen LogP contribution in [0.5, 0.6) is 0 Å². The number of likely N-dealkylation sites (N-methyl/N-ethyl adjacent to an activating group) is 1. The zero-order valence-electron chi connectivity index (χ0n) is 16.1. The fraction of sp³-hybridized carbons (Fsp3) is 0.381. The minimum atomic E-state index is -1.07. The van der Waals surface area contributed by atoms with Gasteiger partial charge in [-0.2, -0.15) is 0 Å². The summed E-state index contributed by atoms with van der Waals surface area (Å²) in [6.45, 7) is 0.367. The van der Waals surface area contributed by atoms with Crippen molar-refractivity contribution in [2.45, 2.75) is 24.6 Å². The van der Waals surface area contributed by atoms with E-state index in [-0.39, 0.29) is 12.5 Å². The quantitative estimate of drug-likeness (QED) is 0.853. The minimum absolute atomic E-state index is 0.0371. The van der Waals surface area contributed by atoms with Gasteiger partial charge in [-0.1, -0.05) is 30.3 Å². The average Bonchev–Trinajstić information content (AvgIpc) is 3.14. The van der Waals surface area contributed by atoms with Gasteiger partial charge in [0.2, 0.25) is 11.8 Å². The number of pyridine rings is 1. The maximum atomic E-state index is 13.5. The molecular weight excluding hydrogens is 359 g/mol. The SMILES string of the molecule is CN(C)C(=O)[C@@H](c1ccc(-c2cccnc2)cc1)[C@H](N)C(=O)N1CC[C@H](F)C1. The third-order valence-electron chi connectivity index (χ3n) is 5.06. The zero-order chi connectivity index (χ0) is 20.3. The lowest BCUT2D eigenvalue weighted by Crippen LogP contribution is -2.50. The first-order valence-electron chi connectivity index (χ1n) is 9.28. The largest absolute Gasteiger partial charge is 0.348 e. The molecule has 1 saturated heterocycles. The Balaban J connectivity index is 1.87. The van der Waals surface area contributed by atoms with Crippen LogP contribution in [0.2, 0.25) is 0 Å². The number of alkyl halides is 1. The molecule has 0 aliphatic carbocycles. The molecule has 28 heavy (non-hydrogen) atoms. The average molecular weight is 384 g/mol. The summed E-state index contributed by atoms with van der Waals surface area (Å²) in [5.41, 5.74) is 8.80. The summed E-state index contributed by atoms with van der Waals surface area (Å²) < 4.78 is 13.5. The van der Waals surface area contributed by atoms with Crippen molar-refractivity contribution >= 4 is 11.8 Å². The Morgan fingerprint density at radius 2 is 1.93 bits per heavy atom. The molecule has 7 heteroatoms. The number of benzene rings is 1. The van der Waals surface area contributed by atoms with Gasteiger partial charge in [-0.25, -0.2) is 4.39 Å². The van der Waals surface area contributed by atoms with Crippen molar-refractivity contribution in [3.05, 3.63) is 54.4 Å². The Morgan fingerprint density at radius 3 is 2.46 bits per heavy atom. The molecule has 2 amide bonds. The molecule has 1 aliphatic rings. The Morgan fingerprint density at radius 1 is 1.21 bits per heavy atom. The van der Waals surface area contributed by atoms with E-state index >= 15 is 0 Å². The maximum Gasteiger partial charge on any atom is 0.240 e. The molecule has 3 atom stereocenters. The summed E-state index contributed by atoms with van der Waals surface area (Å²) in [7, 11) is 3.26. The molecule has 0 saturated carbocycles. The molecular formula is C21H25FN4O2. The molecule has 3 rings (SSSR count). The second-order valence-corrected chi connectivity index (χ2v) is 7.27. The number of aromatic nitrogens is 1. The van der Waals surface area contributed by atoms with E-state index < -0.39 is 24.0 Å². The molecule has 2 heterocycles. The van der Waals surface area contributed by atoms with Gasteiger partial charge in [0.25, 0.3) is 0 Å². The Hall–Kier alpha value is -2.80. The number of halogens is 1. The van der Waals surface area contributed by atoms with Gasteiger partial charge in [-0.05, 0) is 29.2 Å². The van der Waals surface area contributed by atoms with Gasteiger partial charge < -0.3 is 15.5 Å². The first-order valence-corrected chi connectivity index (χ1v) is 9.28. The number of hydrogen-bond donors (Lipinski definition) is 1. The normalized spacial score (nSPS) is 18.6. The van der Waals surface area contributed by atoms with Crippen molar-refractivity contribution in [1.29, 1.82) is 0 Å². The lowest BCUT2D eigenvalue weighted by atomic mass is 9.88. The van der Waals surface area contributed by atoms with Gasteiger partial charge in [0, 0.05) is 33.0 Å². The number of likely N-dealkylation sites (tertiary alicyclic amines) is 1. The molecule has 0 radical (unpaired) electrons. The van der Waals surface area contributed by atoms with E-state index in [1.54, 1.807) is 26.5 Å². The van der Waals surface area contributed by atoms with Gasteiger partial charge in [0.1, 0.15) is 12.2 Å². The topological polar surface area (TPSA) is 79.5 Å². The van der Waals surface area contributed by atoms with E-state index in [0.29, 0.717) is 18.5 Å². The third kappa shape index (κ3) is 4.20. The van der Waals surface area contributed by atoms with Crippen LogP contribution in [0.3, 0.4) is 0 Å². The van der Waals surface area contributed by atoms with Crippen LogP contribution in [0.1, 0.15) is 17.9 Å². The number of nitrogens with two attached hydrogens (primary N) is 1. The lowest BCUT2D eigenvalue weighted by molar-refractivity contribution is -0.138. The number of rotatable bonds is 5. The van der Waals surface area contributed by atoms with Crippen LogP contribution in [0.25, 0.3) is 11.1 Å². The van der Waals surface area contributed by atoms with Gasteiger partial charge >= 0.3 is 0 Å². The smallest absolute Gasteiger partial charge is 0.240 e. The van der Waals surface area contributed by atoms with E-state index in [1.807, 2.05) is 36.4 Å². The van der Waals surface area contributed by atoms with Crippen molar-refractivity contribution in [3.63, 3.8) is 0 Å². The van der Waals surface area contributed by atoms with Crippen LogP contribution in [0, 0.1) is 0 Å². The van der Waals surface area contributed by atoms with Crippen molar-refractivity contribution in [2.75, 3.05) is 27.2 Å². The molecule has 148 valence electrons. The van der Waals surface area contributed by atoms with Crippen molar-refractivity contribution in [1.82, 2.24) is 14.8 Å². The van der Waals surface area contributed by atoms with Crippen LogP contribution in [0.15, 0.2) is 48.8 Å². The first-order chi connectivity index (χ1) is 13.4. The number of carbonyl (C=O) groups excluding carboxylic acids is 2. The molecule has 1 aliphatic heterocycles. The third-order valence-corrected chi connectivity index (χ3v) is 5.06. The number of hydrogen-bond acceptors (Lipinski definition) is 4. The van der Waals surface area contributed by atoms with E-state index in [0.717, 1.165) is 11.1 Å². The zero-order valence-corrected chi connectivity index (χ0v) is 16.1. The van der Waals surface area contributed by atoms with Crippen LogP contribution in [0.4, 0.5) is 4.39 Å². The molecule has 6 nitrogen and oxygen atoms in total. The van der Waals surface area contributed by atoms with Gasteiger partial charge in [-0.15, -0.1) is 0 Å². The summed E-state index contributed by atoms with van der Waals surface area (Å²) in [4.78, 5) is 32.5. The van der Waals surface area contributed by atoms with Crippen LogP contribution >= 0.6 is 0 Å². The fourth-order valence-electron chi connectivity index (χ4n) is 3.47. The second-order valence-electron chi connectivity index (χ2n) is 7.27. The molecule has 2 N–H and O–H groups in total. The summed E-state index contributed by atoms with van der Waals surface area (Å²) in [5.74, 6) is -1.48. The standard InChI is InChI=1S/C21H25FN4O2/c1-25(2)20(27)18(19(23)21(28)26-11-9-17(22)13-26)15-7-5-14(6-8-15)16-4-3-10-24-12-16/h3-8,10,12,17-19H,9,11,13,23H2,1-2H3/t17-,18-,19-/m0/s1. The highest BCUT2D eigenvalue weighted by atomic mass is 19.1. The second kappa shape index (κ2) is 8.48. The summed E-state index contributed by atoms with van der Waals surface area (Å²) in [6, 6.07) is 10.1. The van der Waals surface area contributed by atoms with E-state index in [2.05, 4.69) is 4.98 Å². The van der Waals surface area contributed by atoms with E-state index in [4.69, 9.17) is 5.73 Å². The van der Waals surface area contributed by atoms with E-state index in [9.17, 15) is 14.0 Å². The van der Waals surface area contributed by atoms with Gasteiger partial charge in [-0.3, -0.25) is 14.6 Å². The molecule has 1 aromatic carbocycles. The first kappa shape index (κ1) is 19.9. The maximum absolute atomic E-state index is 13.5. The van der Waals surface area contributed by atoms with E-state index in [1.165, 1.54) is 9.80 Å². The molecule has 1 aromatic heterocycles. The summed E-state index contributed by atoms with van der Waals surface area (Å²) in [5, 5.41) is 0. The Bertz CT molecular complexity index is 826. The van der Waals surface area contributed by atoms with Gasteiger partial charge in [0.15, 0.2) is 0 Å². The van der Waals surface area contributed by atoms with Crippen LogP contribution in [-0.2, 0) is 9.59 Å². The highest BCUT2D eigenvalue weighted by molar-refractivity contribution is 5.93. The molecule has 0 spiro atoms. The predicted octanol–water partition coefficient (Wildman–Crippen LogP) is 1.82. The fourth-order valence-corrected chi connectivity index (χ4v) is 3.47. The minimum Gasteiger partial charge on any atom is -0.348 e. The molecule has 1 fully saturated rings. The van der Waals surface area contributed by atoms with Crippen molar-refractivity contribution in [3.8, 4) is 11.1 Å². The number of amides is 2.